The predicted molar refractivity (Wildman–Crippen MR) is 63.6 cm³/mol. The average molecular weight is 201 g/mol. The molecule has 0 aromatic heterocycles. The minimum atomic E-state index is 0.323. The lowest BCUT2D eigenvalue weighted by Crippen LogP contribution is -2.10. The van der Waals surface area contributed by atoms with Crippen molar-refractivity contribution in [1.29, 1.82) is 0 Å². The van der Waals surface area contributed by atoms with Gasteiger partial charge in [0.15, 0.2) is 0 Å². The van der Waals surface area contributed by atoms with Gasteiger partial charge in [0.1, 0.15) is 5.78 Å². The third-order valence-electron chi connectivity index (χ3n) is 1.74. The maximum atomic E-state index is 10.6. The number of carbonyl (C=O) groups is 1. The summed E-state index contributed by atoms with van der Waals surface area (Å²) in [5, 5.41) is 3.23. The molecule has 0 saturated carbocycles. The lowest BCUT2D eigenvalue weighted by atomic mass is 10.0. The first-order chi connectivity index (χ1) is 6.70. The number of hydrogen-bond donors (Lipinski definition) is 1. The molecule has 0 aromatic rings. The molecule has 0 aliphatic carbocycles. The zero-order valence-corrected chi connectivity index (χ0v) is 10.5. The first-order valence-corrected chi connectivity index (χ1v) is 5.90. The highest BCUT2D eigenvalue weighted by atomic mass is 16.1. The molecule has 1 aliphatic heterocycles. The van der Waals surface area contributed by atoms with E-state index in [9.17, 15) is 4.79 Å². The number of carbonyl (C=O) groups excluding carboxylic acids is 1. The molecule has 14 heavy (non-hydrogen) atoms. The minimum absolute atomic E-state index is 0.323. The van der Waals surface area contributed by atoms with Gasteiger partial charge in [0.2, 0.25) is 0 Å². The Morgan fingerprint density at radius 1 is 1.36 bits per heavy atom. The van der Waals surface area contributed by atoms with E-state index in [1.165, 1.54) is 12.8 Å². The van der Waals surface area contributed by atoms with E-state index < -0.39 is 0 Å². The standard InChI is InChI=1S/C7H13NO.C3H8.C2H6/c1-6(9)4-7-2-3-8-5-7;1-3-2;1-2/h7-8H,2-5H2,1H3;3H2,1-2H3;1-2H3. The highest BCUT2D eigenvalue weighted by Crippen LogP contribution is 2.11. The van der Waals surface area contributed by atoms with Gasteiger partial charge in [0.25, 0.3) is 0 Å². The first kappa shape index (κ1) is 16.1. The van der Waals surface area contributed by atoms with E-state index in [1.807, 2.05) is 13.8 Å². The summed E-state index contributed by atoms with van der Waals surface area (Å²) in [5.41, 5.74) is 0. The molecule has 2 heteroatoms. The molecular weight excluding hydrogens is 174 g/mol. The molecule has 1 rings (SSSR count). The number of nitrogens with one attached hydrogen (secondary N) is 1. The van der Waals surface area contributed by atoms with E-state index in [0.717, 1.165) is 19.5 Å². The van der Waals surface area contributed by atoms with Crippen LogP contribution in [0, 0.1) is 5.92 Å². The van der Waals surface area contributed by atoms with Crippen molar-refractivity contribution in [3.63, 3.8) is 0 Å². The zero-order valence-electron chi connectivity index (χ0n) is 10.5. The molecule has 2 nitrogen and oxygen atoms in total. The molecule has 0 aromatic carbocycles. The molecule has 1 aliphatic rings. The molecule has 0 spiro atoms. The molecule has 1 heterocycles. The summed E-state index contributed by atoms with van der Waals surface area (Å²) in [7, 11) is 0. The summed E-state index contributed by atoms with van der Waals surface area (Å²) < 4.78 is 0. The number of ketones is 1. The van der Waals surface area contributed by atoms with Gasteiger partial charge in [-0.15, -0.1) is 0 Å². The second kappa shape index (κ2) is 12.6. The fourth-order valence-electron chi connectivity index (χ4n) is 1.30. The zero-order chi connectivity index (χ0) is 11.4. The molecule has 0 bridgehead atoms. The van der Waals surface area contributed by atoms with Crippen LogP contribution in [0.4, 0.5) is 0 Å². The Morgan fingerprint density at radius 2 is 1.86 bits per heavy atom. The first-order valence-electron chi connectivity index (χ1n) is 5.90. The van der Waals surface area contributed by atoms with Crippen molar-refractivity contribution in [2.24, 2.45) is 5.92 Å². The van der Waals surface area contributed by atoms with Crippen LogP contribution in [0.5, 0.6) is 0 Å². The second-order valence-corrected chi connectivity index (χ2v) is 3.47. The molecule has 1 fully saturated rings. The Balaban J connectivity index is 0. The molecule has 1 N–H and O–H groups in total. The molecular formula is C12H27NO. The fraction of sp³-hybridized carbons (Fsp3) is 0.917. The highest BCUT2D eigenvalue weighted by molar-refractivity contribution is 5.75. The van der Waals surface area contributed by atoms with Crippen LogP contribution in [0.1, 0.15) is 53.9 Å². The Labute approximate surface area is 89.5 Å². The van der Waals surface area contributed by atoms with Crippen molar-refractivity contribution >= 4 is 5.78 Å². The topological polar surface area (TPSA) is 29.1 Å². The Kier molecular flexibility index (Phi) is 14.5. The van der Waals surface area contributed by atoms with Crippen LogP contribution in [0.3, 0.4) is 0 Å². The summed E-state index contributed by atoms with van der Waals surface area (Å²) in [6, 6.07) is 0. The van der Waals surface area contributed by atoms with Crippen molar-refractivity contribution in [2.75, 3.05) is 13.1 Å². The van der Waals surface area contributed by atoms with Crippen molar-refractivity contribution in [3.8, 4) is 0 Å². The van der Waals surface area contributed by atoms with Gasteiger partial charge in [-0.05, 0) is 32.4 Å². The minimum Gasteiger partial charge on any atom is -0.316 e. The predicted octanol–water partition coefficient (Wildman–Crippen LogP) is 3.02. The van der Waals surface area contributed by atoms with Crippen LogP contribution in [0.15, 0.2) is 0 Å². The van der Waals surface area contributed by atoms with E-state index >= 15 is 0 Å². The van der Waals surface area contributed by atoms with Gasteiger partial charge in [-0.1, -0.05) is 34.1 Å². The SMILES string of the molecule is CC.CC(=O)CC1CCNC1.CCC. The quantitative estimate of drug-likeness (QED) is 0.744. The second-order valence-electron chi connectivity index (χ2n) is 3.47. The maximum absolute atomic E-state index is 10.6. The fourth-order valence-corrected chi connectivity index (χ4v) is 1.30. The molecule has 1 unspecified atom stereocenters. The highest BCUT2D eigenvalue weighted by Gasteiger charge is 2.15. The van der Waals surface area contributed by atoms with Gasteiger partial charge >= 0.3 is 0 Å². The number of Topliss-reactive ketones (excluding diaryl/α,β-unsaturated/α-hetero) is 1. The lowest BCUT2D eigenvalue weighted by Gasteiger charge is -2.01. The summed E-state index contributed by atoms with van der Waals surface area (Å²) in [6.07, 6.45) is 3.20. The van der Waals surface area contributed by atoms with Crippen molar-refractivity contribution in [3.05, 3.63) is 0 Å². The van der Waals surface area contributed by atoms with E-state index in [-0.39, 0.29) is 0 Å². The smallest absolute Gasteiger partial charge is 0.130 e. The van der Waals surface area contributed by atoms with Crippen LogP contribution < -0.4 is 5.32 Å². The molecule has 1 saturated heterocycles. The summed E-state index contributed by atoms with van der Waals surface area (Å²) in [5.74, 6) is 0.950. The van der Waals surface area contributed by atoms with Crippen molar-refractivity contribution in [1.82, 2.24) is 5.32 Å². The van der Waals surface area contributed by atoms with Crippen LogP contribution in [-0.2, 0) is 4.79 Å². The number of hydrogen-bond acceptors (Lipinski definition) is 2. The molecule has 86 valence electrons. The van der Waals surface area contributed by atoms with Crippen LogP contribution in [0.2, 0.25) is 0 Å². The third-order valence-corrected chi connectivity index (χ3v) is 1.74. The lowest BCUT2D eigenvalue weighted by molar-refractivity contribution is -0.117. The van der Waals surface area contributed by atoms with Crippen molar-refractivity contribution < 1.29 is 4.79 Å². The molecule has 0 amide bonds. The summed E-state index contributed by atoms with van der Waals surface area (Å²) in [4.78, 5) is 10.6. The average Bonchev–Trinajstić information content (AvgIpc) is 2.61. The largest absolute Gasteiger partial charge is 0.316 e. The third kappa shape index (κ3) is 11.6. The van der Waals surface area contributed by atoms with E-state index in [4.69, 9.17) is 0 Å². The molecule has 0 radical (unpaired) electrons. The number of rotatable bonds is 2. The van der Waals surface area contributed by atoms with Gasteiger partial charge in [-0.25, -0.2) is 0 Å². The summed E-state index contributed by atoms with van der Waals surface area (Å²) in [6.45, 7) is 12.1. The van der Waals surface area contributed by atoms with Gasteiger partial charge in [0.05, 0.1) is 0 Å². The monoisotopic (exact) mass is 201 g/mol. The van der Waals surface area contributed by atoms with Gasteiger partial charge in [-0.2, -0.15) is 0 Å². The van der Waals surface area contributed by atoms with Gasteiger partial charge in [0, 0.05) is 6.42 Å². The van der Waals surface area contributed by atoms with Crippen molar-refractivity contribution in [2.45, 2.75) is 53.9 Å². The van der Waals surface area contributed by atoms with Crippen LogP contribution in [-0.4, -0.2) is 18.9 Å². The van der Waals surface area contributed by atoms with E-state index in [0.29, 0.717) is 11.7 Å². The Hall–Kier alpha value is -0.370. The van der Waals surface area contributed by atoms with E-state index in [2.05, 4.69) is 19.2 Å². The Bertz CT molecular complexity index is 117. The Morgan fingerprint density at radius 3 is 2.14 bits per heavy atom. The molecule has 1 atom stereocenters. The normalized spacial score (nSPS) is 18.8. The van der Waals surface area contributed by atoms with Gasteiger partial charge in [-0.3, -0.25) is 0 Å². The summed E-state index contributed by atoms with van der Waals surface area (Å²) >= 11 is 0. The van der Waals surface area contributed by atoms with Gasteiger partial charge < -0.3 is 10.1 Å². The van der Waals surface area contributed by atoms with E-state index in [1.54, 1.807) is 6.92 Å². The van der Waals surface area contributed by atoms with Crippen LogP contribution in [0.25, 0.3) is 0 Å². The maximum Gasteiger partial charge on any atom is 0.130 e. The van der Waals surface area contributed by atoms with Crippen LogP contribution >= 0.6 is 0 Å².